The van der Waals surface area contributed by atoms with Gasteiger partial charge in [-0.3, -0.25) is 4.79 Å². The van der Waals surface area contributed by atoms with Crippen molar-refractivity contribution >= 4 is 17.8 Å². The fourth-order valence-electron chi connectivity index (χ4n) is 1.26. The van der Waals surface area contributed by atoms with Crippen LogP contribution in [-0.4, -0.2) is 47.1 Å². The number of anilines is 2. The highest BCUT2D eigenvalue weighted by Crippen LogP contribution is 2.12. The summed E-state index contributed by atoms with van der Waals surface area (Å²) >= 11 is 0. The lowest BCUT2D eigenvalue weighted by Crippen LogP contribution is -2.27. The summed E-state index contributed by atoms with van der Waals surface area (Å²) in [5, 5.41) is 8.41. The summed E-state index contributed by atoms with van der Waals surface area (Å²) < 4.78 is 5.47. The SMILES string of the molecule is CCCNc1nc(NCC(=O)NC)nc(OC(C)C)n1. The van der Waals surface area contributed by atoms with Crippen LogP contribution in [0.4, 0.5) is 11.9 Å². The fourth-order valence-corrected chi connectivity index (χ4v) is 1.26. The Morgan fingerprint density at radius 3 is 2.40 bits per heavy atom. The zero-order chi connectivity index (χ0) is 15.0. The molecule has 0 aliphatic carbocycles. The van der Waals surface area contributed by atoms with Gasteiger partial charge in [0.25, 0.3) is 0 Å². The Bertz CT molecular complexity index is 438. The molecule has 0 unspecified atom stereocenters. The molecular formula is C12H22N6O2. The molecule has 3 N–H and O–H groups in total. The van der Waals surface area contributed by atoms with Crippen LogP contribution in [0.3, 0.4) is 0 Å². The van der Waals surface area contributed by atoms with Crippen LogP contribution in [0.2, 0.25) is 0 Å². The third-order valence-corrected chi connectivity index (χ3v) is 2.18. The van der Waals surface area contributed by atoms with Gasteiger partial charge in [-0.25, -0.2) is 0 Å². The molecule has 0 fully saturated rings. The van der Waals surface area contributed by atoms with Gasteiger partial charge in [0.05, 0.1) is 12.6 Å². The van der Waals surface area contributed by atoms with Crippen LogP contribution in [0.15, 0.2) is 0 Å². The van der Waals surface area contributed by atoms with E-state index in [-0.39, 0.29) is 24.6 Å². The smallest absolute Gasteiger partial charge is 0.323 e. The van der Waals surface area contributed by atoms with Gasteiger partial charge >= 0.3 is 6.01 Å². The molecule has 0 aliphatic rings. The first-order valence-electron chi connectivity index (χ1n) is 6.66. The first-order chi connectivity index (χ1) is 9.55. The number of ether oxygens (including phenoxy) is 1. The minimum atomic E-state index is -0.153. The maximum absolute atomic E-state index is 11.2. The van der Waals surface area contributed by atoms with Gasteiger partial charge in [-0.1, -0.05) is 6.92 Å². The fraction of sp³-hybridized carbons (Fsp3) is 0.667. The number of nitrogens with zero attached hydrogens (tertiary/aromatic N) is 3. The number of rotatable bonds is 8. The Morgan fingerprint density at radius 2 is 1.85 bits per heavy atom. The molecule has 1 aromatic heterocycles. The zero-order valence-corrected chi connectivity index (χ0v) is 12.4. The summed E-state index contributed by atoms with van der Waals surface area (Å²) in [6.07, 6.45) is 0.913. The van der Waals surface area contributed by atoms with Crippen LogP contribution < -0.4 is 20.7 Å². The molecule has 8 heteroatoms. The highest BCUT2D eigenvalue weighted by Gasteiger charge is 2.09. The largest absolute Gasteiger partial charge is 0.461 e. The lowest BCUT2D eigenvalue weighted by atomic mass is 10.5. The summed E-state index contributed by atoms with van der Waals surface area (Å²) in [6, 6.07) is 0.230. The second kappa shape index (κ2) is 8.13. The number of aromatic nitrogens is 3. The van der Waals surface area contributed by atoms with E-state index in [2.05, 4.69) is 30.9 Å². The molecule has 0 atom stereocenters. The molecule has 0 saturated heterocycles. The summed E-state index contributed by atoms with van der Waals surface area (Å²) in [4.78, 5) is 23.7. The van der Waals surface area contributed by atoms with E-state index < -0.39 is 0 Å². The topological polar surface area (TPSA) is 101 Å². The lowest BCUT2D eigenvalue weighted by molar-refractivity contribution is -0.118. The molecular weight excluding hydrogens is 260 g/mol. The Labute approximate surface area is 118 Å². The number of amides is 1. The number of nitrogens with one attached hydrogen (secondary N) is 3. The van der Waals surface area contributed by atoms with Gasteiger partial charge in [0.1, 0.15) is 0 Å². The molecule has 0 saturated carbocycles. The molecule has 0 aromatic carbocycles. The molecule has 0 bridgehead atoms. The lowest BCUT2D eigenvalue weighted by Gasteiger charge is -2.11. The van der Waals surface area contributed by atoms with Crippen molar-refractivity contribution in [2.75, 3.05) is 30.8 Å². The maximum Gasteiger partial charge on any atom is 0.323 e. The number of carbonyl (C=O) groups is 1. The van der Waals surface area contributed by atoms with E-state index in [0.717, 1.165) is 13.0 Å². The summed E-state index contributed by atoms with van der Waals surface area (Å²) in [7, 11) is 1.57. The second-order valence-electron chi connectivity index (χ2n) is 4.39. The predicted octanol–water partition coefficient (Wildman–Crippen LogP) is 0.639. The van der Waals surface area contributed by atoms with Crippen LogP contribution in [-0.2, 0) is 4.79 Å². The first kappa shape index (κ1) is 15.9. The van der Waals surface area contributed by atoms with E-state index in [1.165, 1.54) is 0 Å². The standard InChI is InChI=1S/C12H22N6O2/c1-5-6-14-10-16-11(15-7-9(19)13-4)18-12(17-10)20-8(2)3/h8H,5-7H2,1-4H3,(H,13,19)(H2,14,15,16,17,18). The van der Waals surface area contributed by atoms with Crippen LogP contribution in [0.1, 0.15) is 27.2 Å². The average Bonchev–Trinajstić information content (AvgIpc) is 2.41. The van der Waals surface area contributed by atoms with E-state index in [1.54, 1.807) is 7.05 Å². The Hall–Kier alpha value is -2.12. The molecule has 1 heterocycles. The molecule has 1 aromatic rings. The van der Waals surface area contributed by atoms with Crippen LogP contribution >= 0.6 is 0 Å². The van der Waals surface area contributed by atoms with Crippen LogP contribution in [0, 0.1) is 0 Å². The second-order valence-corrected chi connectivity index (χ2v) is 4.39. The van der Waals surface area contributed by atoms with Crippen molar-refractivity contribution in [3.8, 4) is 6.01 Å². The van der Waals surface area contributed by atoms with Gasteiger partial charge in [-0.05, 0) is 20.3 Å². The molecule has 20 heavy (non-hydrogen) atoms. The summed E-state index contributed by atoms with van der Waals surface area (Å²) in [5.41, 5.74) is 0. The molecule has 0 radical (unpaired) electrons. The quantitative estimate of drug-likeness (QED) is 0.643. The highest BCUT2D eigenvalue weighted by atomic mass is 16.5. The Morgan fingerprint density at radius 1 is 1.20 bits per heavy atom. The summed E-state index contributed by atoms with van der Waals surface area (Å²) in [5.74, 6) is 0.578. The van der Waals surface area contributed by atoms with Crippen molar-refractivity contribution in [1.29, 1.82) is 0 Å². The number of carbonyl (C=O) groups excluding carboxylic acids is 1. The molecule has 1 rings (SSSR count). The van der Waals surface area contributed by atoms with Crippen molar-refractivity contribution < 1.29 is 9.53 Å². The molecule has 112 valence electrons. The Kier molecular flexibility index (Phi) is 6.48. The van der Waals surface area contributed by atoms with E-state index in [9.17, 15) is 4.79 Å². The van der Waals surface area contributed by atoms with Crippen molar-refractivity contribution in [1.82, 2.24) is 20.3 Å². The van der Waals surface area contributed by atoms with Crippen LogP contribution in [0.25, 0.3) is 0 Å². The molecule has 0 spiro atoms. The molecule has 0 aliphatic heterocycles. The molecule has 1 amide bonds. The van der Waals surface area contributed by atoms with Gasteiger partial charge in [0, 0.05) is 13.6 Å². The maximum atomic E-state index is 11.2. The summed E-state index contributed by atoms with van der Waals surface area (Å²) in [6.45, 7) is 6.67. The van der Waals surface area contributed by atoms with E-state index >= 15 is 0 Å². The Balaban J connectivity index is 2.82. The first-order valence-corrected chi connectivity index (χ1v) is 6.66. The van der Waals surface area contributed by atoms with Gasteiger partial charge in [-0.15, -0.1) is 0 Å². The normalized spacial score (nSPS) is 10.2. The number of hydrogen-bond acceptors (Lipinski definition) is 7. The number of likely N-dealkylation sites (N-methyl/N-ethyl adjacent to an activating group) is 1. The van der Waals surface area contributed by atoms with Crippen LogP contribution in [0.5, 0.6) is 6.01 Å². The van der Waals surface area contributed by atoms with E-state index in [4.69, 9.17) is 4.74 Å². The third-order valence-electron chi connectivity index (χ3n) is 2.18. The highest BCUT2D eigenvalue weighted by molar-refractivity contribution is 5.79. The van der Waals surface area contributed by atoms with Gasteiger partial charge in [0.15, 0.2) is 0 Å². The minimum absolute atomic E-state index is 0.0387. The van der Waals surface area contributed by atoms with E-state index in [0.29, 0.717) is 11.9 Å². The van der Waals surface area contributed by atoms with Gasteiger partial charge < -0.3 is 20.7 Å². The van der Waals surface area contributed by atoms with Crippen molar-refractivity contribution in [2.24, 2.45) is 0 Å². The van der Waals surface area contributed by atoms with E-state index in [1.807, 2.05) is 20.8 Å². The van der Waals surface area contributed by atoms with Crippen molar-refractivity contribution in [3.63, 3.8) is 0 Å². The monoisotopic (exact) mass is 282 g/mol. The van der Waals surface area contributed by atoms with Crippen molar-refractivity contribution in [2.45, 2.75) is 33.3 Å². The molecule has 8 nitrogen and oxygen atoms in total. The zero-order valence-electron chi connectivity index (χ0n) is 12.4. The predicted molar refractivity (Wildman–Crippen MR) is 76.9 cm³/mol. The minimum Gasteiger partial charge on any atom is -0.461 e. The third kappa shape index (κ3) is 5.68. The number of hydrogen-bond donors (Lipinski definition) is 3. The average molecular weight is 282 g/mol. The van der Waals surface area contributed by atoms with Gasteiger partial charge in [-0.2, -0.15) is 15.0 Å². The van der Waals surface area contributed by atoms with Gasteiger partial charge in [0.2, 0.25) is 17.8 Å². The van der Waals surface area contributed by atoms with Crippen molar-refractivity contribution in [3.05, 3.63) is 0 Å².